The van der Waals surface area contributed by atoms with Crippen molar-refractivity contribution in [3.8, 4) is 0 Å². The molecule has 0 saturated heterocycles. The number of rotatable bonds is 4. The third-order valence-corrected chi connectivity index (χ3v) is 5.02. The van der Waals surface area contributed by atoms with Gasteiger partial charge in [0.2, 0.25) is 5.91 Å². The van der Waals surface area contributed by atoms with Gasteiger partial charge in [0, 0.05) is 32.0 Å². The lowest BCUT2D eigenvalue weighted by molar-refractivity contribution is -0.133. The predicted octanol–water partition coefficient (Wildman–Crippen LogP) is 2.74. The number of aromatic nitrogens is 2. The Balaban J connectivity index is 1.46. The smallest absolute Gasteiger partial charge is 0.226 e. The maximum atomic E-state index is 13.9. The second-order valence-electron chi connectivity index (χ2n) is 6.71. The van der Waals surface area contributed by atoms with Crippen molar-refractivity contribution in [3.63, 3.8) is 0 Å². The largest absolute Gasteiger partial charge is 0.369 e. The molecule has 0 bridgehead atoms. The number of hydrogen-bond donors (Lipinski definition) is 1. The van der Waals surface area contributed by atoms with Crippen LogP contribution in [0.25, 0.3) is 0 Å². The molecule has 0 unspecified atom stereocenters. The first kappa shape index (κ1) is 16.0. The van der Waals surface area contributed by atoms with Gasteiger partial charge in [0.05, 0.1) is 5.69 Å². The first-order valence-corrected chi connectivity index (χ1v) is 8.80. The van der Waals surface area contributed by atoms with Gasteiger partial charge in [-0.25, -0.2) is 4.39 Å². The first-order valence-electron chi connectivity index (χ1n) is 8.80. The monoisotopic (exact) mass is 340 g/mol. The standard InChI is InChI=1S/C19H21FN4O/c1-2-21-18-9-12-11-24(8-7-17(12)22-23-18)19(25)15-10-14(15)13-5-3-4-6-16(13)20/h3-6,9,14-15H,2,7-8,10-11H2,1H3,(H,21,23)/t14-,15-/m1/s1. The van der Waals surface area contributed by atoms with Gasteiger partial charge >= 0.3 is 0 Å². The summed E-state index contributed by atoms with van der Waals surface area (Å²) >= 11 is 0. The normalized spacial score (nSPS) is 21.6. The highest BCUT2D eigenvalue weighted by molar-refractivity contribution is 5.83. The molecular weight excluding hydrogens is 319 g/mol. The van der Waals surface area contributed by atoms with E-state index in [-0.39, 0.29) is 23.6 Å². The van der Waals surface area contributed by atoms with E-state index >= 15 is 0 Å². The van der Waals surface area contributed by atoms with Crippen molar-refractivity contribution in [3.05, 3.63) is 53.0 Å². The third-order valence-electron chi connectivity index (χ3n) is 5.02. The Hall–Kier alpha value is -2.50. The average molecular weight is 340 g/mol. The number of nitrogens with zero attached hydrogens (tertiary/aromatic N) is 3. The zero-order valence-corrected chi connectivity index (χ0v) is 14.2. The van der Waals surface area contributed by atoms with Crippen LogP contribution in [-0.2, 0) is 17.8 Å². The lowest BCUT2D eigenvalue weighted by Gasteiger charge is -2.28. The summed E-state index contributed by atoms with van der Waals surface area (Å²) in [5.74, 6) is 0.578. The van der Waals surface area contributed by atoms with E-state index in [0.29, 0.717) is 18.7 Å². The lowest BCUT2D eigenvalue weighted by Crippen LogP contribution is -2.37. The van der Waals surface area contributed by atoms with Crippen LogP contribution in [0, 0.1) is 11.7 Å². The van der Waals surface area contributed by atoms with Gasteiger partial charge in [-0.2, -0.15) is 5.10 Å². The Kier molecular flexibility index (Phi) is 4.11. The van der Waals surface area contributed by atoms with Crippen molar-refractivity contribution in [2.75, 3.05) is 18.4 Å². The van der Waals surface area contributed by atoms with Crippen LogP contribution in [0.15, 0.2) is 30.3 Å². The minimum Gasteiger partial charge on any atom is -0.369 e. The fraction of sp³-hybridized carbons (Fsp3) is 0.421. The van der Waals surface area contributed by atoms with E-state index in [1.165, 1.54) is 6.07 Å². The van der Waals surface area contributed by atoms with Gasteiger partial charge in [0.25, 0.3) is 0 Å². The maximum Gasteiger partial charge on any atom is 0.226 e. The van der Waals surface area contributed by atoms with E-state index in [9.17, 15) is 9.18 Å². The number of carbonyl (C=O) groups excluding carboxylic acids is 1. The topological polar surface area (TPSA) is 58.1 Å². The quantitative estimate of drug-likeness (QED) is 0.930. The van der Waals surface area contributed by atoms with E-state index in [4.69, 9.17) is 0 Å². The minimum absolute atomic E-state index is 0.0166. The Morgan fingerprint density at radius 2 is 2.20 bits per heavy atom. The molecule has 1 aromatic heterocycles. The van der Waals surface area contributed by atoms with Crippen molar-refractivity contribution in [2.24, 2.45) is 5.92 Å². The number of anilines is 1. The number of nitrogens with one attached hydrogen (secondary N) is 1. The molecule has 1 aromatic carbocycles. The van der Waals surface area contributed by atoms with Crippen LogP contribution in [0.1, 0.15) is 36.1 Å². The molecule has 5 nitrogen and oxygen atoms in total. The number of fused-ring (bicyclic) bond motifs is 1. The number of amides is 1. The molecule has 0 radical (unpaired) electrons. The molecule has 130 valence electrons. The summed E-state index contributed by atoms with van der Waals surface area (Å²) < 4.78 is 13.9. The molecular formula is C19H21FN4O. The molecule has 1 aliphatic heterocycles. The molecule has 6 heteroatoms. The van der Waals surface area contributed by atoms with Crippen LogP contribution in [0.5, 0.6) is 0 Å². The second kappa shape index (κ2) is 6.43. The van der Waals surface area contributed by atoms with Crippen molar-refractivity contribution in [1.29, 1.82) is 0 Å². The lowest BCUT2D eigenvalue weighted by atomic mass is 10.0. The third kappa shape index (κ3) is 3.08. The highest BCUT2D eigenvalue weighted by atomic mass is 19.1. The molecule has 1 amide bonds. The Labute approximate surface area is 146 Å². The molecule has 2 heterocycles. The van der Waals surface area contributed by atoms with Crippen molar-refractivity contribution in [1.82, 2.24) is 15.1 Å². The number of carbonyl (C=O) groups is 1. The summed E-state index contributed by atoms with van der Waals surface area (Å²) in [6, 6.07) is 8.75. The molecule has 2 aromatic rings. The van der Waals surface area contributed by atoms with Crippen LogP contribution in [0.2, 0.25) is 0 Å². The van der Waals surface area contributed by atoms with E-state index < -0.39 is 0 Å². The van der Waals surface area contributed by atoms with Crippen LogP contribution in [0.4, 0.5) is 10.2 Å². The SMILES string of the molecule is CCNc1cc2c(nn1)CCN(C(=O)[C@@H]1C[C@@H]1c1ccccc1F)C2. The minimum atomic E-state index is -0.211. The van der Waals surface area contributed by atoms with Crippen LogP contribution in [-0.4, -0.2) is 34.1 Å². The van der Waals surface area contributed by atoms with Crippen LogP contribution >= 0.6 is 0 Å². The fourth-order valence-corrected chi connectivity index (χ4v) is 3.61. The fourth-order valence-electron chi connectivity index (χ4n) is 3.61. The Morgan fingerprint density at radius 1 is 1.36 bits per heavy atom. The molecule has 25 heavy (non-hydrogen) atoms. The van der Waals surface area contributed by atoms with Gasteiger partial charge in [0.1, 0.15) is 11.6 Å². The number of benzene rings is 1. The summed E-state index contributed by atoms with van der Waals surface area (Å²) in [5, 5.41) is 11.6. The molecule has 0 spiro atoms. The summed E-state index contributed by atoms with van der Waals surface area (Å²) in [5.41, 5.74) is 2.68. The summed E-state index contributed by atoms with van der Waals surface area (Å²) in [6.07, 6.45) is 1.46. The zero-order chi connectivity index (χ0) is 17.4. The average Bonchev–Trinajstić information content (AvgIpc) is 3.41. The highest BCUT2D eigenvalue weighted by Crippen LogP contribution is 2.49. The van der Waals surface area contributed by atoms with E-state index in [1.54, 1.807) is 12.1 Å². The zero-order valence-electron chi connectivity index (χ0n) is 14.2. The van der Waals surface area contributed by atoms with Crippen molar-refractivity contribution >= 4 is 11.7 Å². The second-order valence-corrected chi connectivity index (χ2v) is 6.71. The van der Waals surface area contributed by atoms with Gasteiger partial charge in [-0.15, -0.1) is 5.10 Å². The van der Waals surface area contributed by atoms with E-state index in [2.05, 4.69) is 15.5 Å². The summed E-state index contributed by atoms with van der Waals surface area (Å²) in [4.78, 5) is 14.7. The van der Waals surface area contributed by atoms with Crippen LogP contribution in [0.3, 0.4) is 0 Å². The van der Waals surface area contributed by atoms with E-state index in [1.807, 2.05) is 24.0 Å². The molecule has 2 aliphatic rings. The van der Waals surface area contributed by atoms with Crippen molar-refractivity contribution in [2.45, 2.75) is 32.2 Å². The molecule has 1 aliphatic carbocycles. The maximum absolute atomic E-state index is 13.9. The number of hydrogen-bond acceptors (Lipinski definition) is 4. The Bertz CT molecular complexity index is 810. The van der Waals surface area contributed by atoms with Gasteiger partial charge in [-0.3, -0.25) is 4.79 Å². The van der Waals surface area contributed by atoms with Gasteiger partial charge in [0.15, 0.2) is 0 Å². The Morgan fingerprint density at radius 3 is 3.00 bits per heavy atom. The summed E-state index contributed by atoms with van der Waals surface area (Å²) in [6.45, 7) is 4.00. The predicted molar refractivity (Wildman–Crippen MR) is 92.6 cm³/mol. The highest BCUT2D eigenvalue weighted by Gasteiger charge is 2.47. The number of halogens is 1. The van der Waals surface area contributed by atoms with E-state index in [0.717, 1.165) is 36.5 Å². The molecule has 1 N–H and O–H groups in total. The van der Waals surface area contributed by atoms with Gasteiger partial charge < -0.3 is 10.2 Å². The van der Waals surface area contributed by atoms with Crippen LogP contribution < -0.4 is 5.32 Å². The molecule has 1 saturated carbocycles. The molecule has 1 fully saturated rings. The first-order chi connectivity index (χ1) is 12.2. The van der Waals surface area contributed by atoms with Crippen molar-refractivity contribution < 1.29 is 9.18 Å². The van der Waals surface area contributed by atoms with Gasteiger partial charge in [-0.05, 0) is 42.5 Å². The molecule has 2 atom stereocenters. The molecule has 4 rings (SSSR count). The van der Waals surface area contributed by atoms with Gasteiger partial charge in [-0.1, -0.05) is 18.2 Å². The summed E-state index contributed by atoms with van der Waals surface area (Å²) in [7, 11) is 0.